The van der Waals surface area contributed by atoms with Crippen LogP contribution in [0.5, 0.6) is 5.75 Å². The second-order valence-corrected chi connectivity index (χ2v) is 10.4. The van der Waals surface area contributed by atoms with Gasteiger partial charge in [-0.25, -0.2) is 8.78 Å². The summed E-state index contributed by atoms with van der Waals surface area (Å²) in [7, 11) is 0. The number of rotatable bonds is 9. The third kappa shape index (κ3) is 9.62. The topological polar surface area (TPSA) is 96.5 Å². The maximum absolute atomic E-state index is 13.1. The summed E-state index contributed by atoms with van der Waals surface area (Å²) in [6, 6.07) is 18.0. The number of carbonyl (C=O) groups is 3. The van der Waals surface area contributed by atoms with Gasteiger partial charge < -0.3 is 20.7 Å². The minimum absolute atomic E-state index is 0.00719. The molecule has 0 saturated heterocycles. The van der Waals surface area contributed by atoms with E-state index in [2.05, 4.69) is 27.8 Å². The highest BCUT2D eigenvalue weighted by atomic mass is 35.5. The van der Waals surface area contributed by atoms with Crippen LogP contribution in [-0.2, 0) is 11.3 Å². The van der Waals surface area contributed by atoms with Crippen molar-refractivity contribution < 1.29 is 27.9 Å². The van der Waals surface area contributed by atoms with Crippen molar-refractivity contribution in [2.45, 2.75) is 33.7 Å². The molecule has 0 bridgehead atoms. The van der Waals surface area contributed by atoms with E-state index < -0.39 is 30.3 Å². The molecule has 3 aromatic carbocycles. The minimum atomic E-state index is -2.75. The fraction of sp³-hybridized carbons (Fsp3) is 0.258. The number of amides is 3. The quantitative estimate of drug-likeness (QED) is 0.283. The smallest absolute Gasteiger partial charge is 0.272 e. The second kappa shape index (κ2) is 14.3. The molecule has 3 aromatic rings. The van der Waals surface area contributed by atoms with Crippen molar-refractivity contribution in [3.8, 4) is 17.6 Å². The van der Waals surface area contributed by atoms with Crippen LogP contribution in [0, 0.1) is 17.3 Å². The lowest BCUT2D eigenvalue weighted by Crippen LogP contribution is -2.34. The van der Waals surface area contributed by atoms with Gasteiger partial charge in [-0.1, -0.05) is 68.5 Å². The molecule has 0 aliphatic heterocycles. The number of nitrogens with one attached hydrogen (secondary N) is 3. The van der Waals surface area contributed by atoms with Crippen LogP contribution in [0.4, 0.5) is 14.5 Å². The molecule has 0 aliphatic rings. The molecule has 0 heterocycles. The monoisotopic (exact) mass is 581 g/mol. The van der Waals surface area contributed by atoms with E-state index in [9.17, 15) is 23.2 Å². The molecule has 0 fully saturated rings. The van der Waals surface area contributed by atoms with Crippen molar-refractivity contribution >= 4 is 35.0 Å². The van der Waals surface area contributed by atoms with E-state index in [1.807, 2.05) is 30.3 Å². The first-order valence-corrected chi connectivity index (χ1v) is 13.1. The van der Waals surface area contributed by atoms with Crippen LogP contribution in [0.1, 0.15) is 52.6 Å². The van der Waals surface area contributed by atoms with Gasteiger partial charge in [0.15, 0.2) is 0 Å². The van der Waals surface area contributed by atoms with Gasteiger partial charge in [0.25, 0.3) is 18.2 Å². The second-order valence-electron chi connectivity index (χ2n) is 9.96. The molecule has 3 amide bonds. The van der Waals surface area contributed by atoms with E-state index in [1.165, 1.54) is 18.2 Å². The first kappa shape index (κ1) is 31.1. The van der Waals surface area contributed by atoms with Crippen LogP contribution >= 0.6 is 11.6 Å². The number of carbonyl (C=O) groups excluding carboxylic acids is 3. The van der Waals surface area contributed by atoms with Gasteiger partial charge in [0.2, 0.25) is 5.91 Å². The molecule has 41 heavy (non-hydrogen) atoms. The maximum Gasteiger partial charge on any atom is 0.272 e. The summed E-state index contributed by atoms with van der Waals surface area (Å²) in [4.78, 5) is 38.2. The van der Waals surface area contributed by atoms with Crippen molar-refractivity contribution in [2.24, 2.45) is 5.41 Å². The number of alkyl halides is 2. The molecule has 0 unspecified atom stereocenters. The van der Waals surface area contributed by atoms with E-state index in [4.69, 9.17) is 16.3 Å². The molecule has 0 saturated carbocycles. The zero-order valence-electron chi connectivity index (χ0n) is 22.8. The lowest BCUT2D eigenvalue weighted by atomic mass is 9.95. The van der Waals surface area contributed by atoms with Gasteiger partial charge in [-0.15, -0.1) is 0 Å². The molecular weight excluding hydrogens is 552 g/mol. The summed E-state index contributed by atoms with van der Waals surface area (Å²) < 4.78 is 30.7. The lowest BCUT2D eigenvalue weighted by molar-refractivity contribution is -0.128. The van der Waals surface area contributed by atoms with Crippen LogP contribution in [0.25, 0.3) is 0 Å². The number of halogens is 3. The third-order valence-corrected chi connectivity index (χ3v) is 5.93. The van der Waals surface area contributed by atoms with Gasteiger partial charge in [-0.05, 0) is 48.0 Å². The average molecular weight is 582 g/mol. The van der Waals surface area contributed by atoms with E-state index in [-0.39, 0.29) is 46.6 Å². The third-order valence-electron chi connectivity index (χ3n) is 5.60. The molecule has 0 radical (unpaired) electrons. The number of hydrogen-bond acceptors (Lipinski definition) is 4. The standard InChI is InChI=1S/C31H30ClF2N3O4/c1-31(2,3)30(40)36-18-21-11-13-25(32)23(16-21)29(39)37-22-12-14-26(41-19-27(33)34)24(17-22)28(38)35-15-7-10-20-8-5-4-6-9-20/h4-6,8-9,11-14,16-17,27H,15,18-19H2,1-3H3,(H,35,38)(H,36,40)(H,37,39). The first-order valence-electron chi connectivity index (χ1n) is 12.7. The molecule has 0 aliphatic carbocycles. The fourth-order valence-electron chi connectivity index (χ4n) is 3.45. The molecular formula is C31H30ClF2N3O4. The Morgan fingerprint density at radius 3 is 2.34 bits per heavy atom. The number of anilines is 1. The molecule has 10 heteroatoms. The fourth-order valence-corrected chi connectivity index (χ4v) is 3.66. The summed E-state index contributed by atoms with van der Waals surface area (Å²) in [6.07, 6.45) is -2.75. The largest absolute Gasteiger partial charge is 0.487 e. The average Bonchev–Trinajstić information content (AvgIpc) is 2.93. The minimum Gasteiger partial charge on any atom is -0.487 e. The summed E-state index contributed by atoms with van der Waals surface area (Å²) in [5.41, 5.74) is 1.15. The van der Waals surface area contributed by atoms with Gasteiger partial charge >= 0.3 is 0 Å². The zero-order valence-corrected chi connectivity index (χ0v) is 23.6. The predicted octanol–water partition coefficient (Wildman–Crippen LogP) is 5.68. The van der Waals surface area contributed by atoms with Crippen LogP contribution in [0.2, 0.25) is 5.02 Å². The van der Waals surface area contributed by atoms with E-state index in [0.717, 1.165) is 5.56 Å². The van der Waals surface area contributed by atoms with Crippen molar-refractivity contribution in [1.82, 2.24) is 10.6 Å². The molecule has 0 spiro atoms. The summed E-state index contributed by atoms with van der Waals surface area (Å²) in [5, 5.41) is 8.28. The van der Waals surface area contributed by atoms with Crippen molar-refractivity contribution in [2.75, 3.05) is 18.5 Å². The lowest BCUT2D eigenvalue weighted by Gasteiger charge is -2.18. The van der Waals surface area contributed by atoms with Gasteiger partial charge in [0.1, 0.15) is 12.4 Å². The van der Waals surface area contributed by atoms with E-state index >= 15 is 0 Å². The Morgan fingerprint density at radius 1 is 0.927 bits per heavy atom. The van der Waals surface area contributed by atoms with E-state index in [0.29, 0.717) is 5.56 Å². The number of hydrogen-bond donors (Lipinski definition) is 3. The Labute approximate surface area is 242 Å². The molecule has 3 rings (SSSR count). The Balaban J connectivity index is 1.76. The molecule has 7 nitrogen and oxygen atoms in total. The van der Waals surface area contributed by atoms with Crippen molar-refractivity contribution in [1.29, 1.82) is 0 Å². The summed E-state index contributed by atoms with van der Waals surface area (Å²) in [6.45, 7) is 4.65. The molecule has 3 N–H and O–H groups in total. The van der Waals surface area contributed by atoms with Crippen molar-refractivity contribution in [3.05, 3.63) is 94.0 Å². The van der Waals surface area contributed by atoms with E-state index in [1.54, 1.807) is 39.0 Å². The Bertz CT molecular complexity index is 1460. The first-order chi connectivity index (χ1) is 19.4. The van der Waals surface area contributed by atoms with Crippen LogP contribution in [-0.4, -0.2) is 37.3 Å². The Hall–Kier alpha value is -4.42. The zero-order chi connectivity index (χ0) is 30.0. The molecule has 0 atom stereocenters. The molecule has 0 aromatic heterocycles. The van der Waals surface area contributed by atoms with Crippen LogP contribution < -0.4 is 20.7 Å². The number of ether oxygens (including phenoxy) is 1. The van der Waals surface area contributed by atoms with Gasteiger partial charge in [0, 0.05) is 23.2 Å². The maximum atomic E-state index is 13.1. The summed E-state index contributed by atoms with van der Waals surface area (Å²) >= 11 is 6.27. The van der Waals surface area contributed by atoms with Gasteiger partial charge in [-0.2, -0.15) is 0 Å². The highest BCUT2D eigenvalue weighted by Gasteiger charge is 2.21. The van der Waals surface area contributed by atoms with Crippen molar-refractivity contribution in [3.63, 3.8) is 0 Å². The van der Waals surface area contributed by atoms with Gasteiger partial charge in [0.05, 0.1) is 22.7 Å². The van der Waals surface area contributed by atoms with Crippen LogP contribution in [0.3, 0.4) is 0 Å². The molecule has 214 valence electrons. The predicted molar refractivity (Wildman–Crippen MR) is 154 cm³/mol. The Kier molecular flexibility index (Phi) is 10.8. The Morgan fingerprint density at radius 2 is 1.66 bits per heavy atom. The highest BCUT2D eigenvalue weighted by Crippen LogP contribution is 2.25. The normalized spacial score (nSPS) is 10.8. The summed E-state index contributed by atoms with van der Waals surface area (Å²) in [5.74, 6) is 4.31. The van der Waals surface area contributed by atoms with Gasteiger partial charge in [-0.3, -0.25) is 14.4 Å². The highest BCUT2D eigenvalue weighted by molar-refractivity contribution is 6.34. The number of benzene rings is 3. The van der Waals surface area contributed by atoms with Crippen LogP contribution in [0.15, 0.2) is 66.7 Å². The SMILES string of the molecule is CC(C)(C)C(=O)NCc1ccc(Cl)c(C(=O)Nc2ccc(OCC(F)F)c(C(=O)NCC#Cc3ccccc3)c2)c1.